The summed E-state index contributed by atoms with van der Waals surface area (Å²) in [7, 11) is 0. The fourth-order valence-electron chi connectivity index (χ4n) is 9.85. The van der Waals surface area contributed by atoms with Gasteiger partial charge in [-0.2, -0.15) is 0 Å². The highest BCUT2D eigenvalue weighted by Crippen LogP contribution is 2.22. The van der Waals surface area contributed by atoms with E-state index < -0.39 is 127 Å². The Morgan fingerprint density at radius 2 is 1.38 bits per heavy atom. The van der Waals surface area contributed by atoms with Crippen LogP contribution in [0.3, 0.4) is 0 Å². The zero-order chi connectivity index (χ0) is 62.5. The largest absolute Gasteiger partial charge is 0.508 e. The van der Waals surface area contributed by atoms with Gasteiger partial charge in [-0.15, -0.1) is 0 Å². The summed E-state index contributed by atoms with van der Waals surface area (Å²) in [6.07, 6.45) is 5.55. The van der Waals surface area contributed by atoms with Crippen molar-refractivity contribution in [2.75, 3.05) is 32.8 Å². The van der Waals surface area contributed by atoms with Gasteiger partial charge in [-0.1, -0.05) is 44.2 Å². The second-order valence-electron chi connectivity index (χ2n) is 21.4. The number of nitrogens with two attached hydrogens (primary N) is 2. The zero-order valence-electron chi connectivity index (χ0n) is 47.7. The maximum atomic E-state index is 14.5. The standard InChI is InChI=1S/C56H76N16O14/c1-30(2)11-16-37(49(80)67-39(9-5-19-60-56(57)58)55(86)72-20-6-10-44(72)54(85)63-27-47(77)78)66-46(76)26-62-48(79)40(21-31-12-14-34(74)15-13-31)68-53(84)43(28-73)71-51(82)41(22-32-24-61-36-8-4-3-7-35(32)36)69-52(83)42(23-33-25-59-29-64-33)70-50(81)38-17-18-45(75)65-38/h3-4,7-8,12-15,24-25,29-30,37-44,61,73-74H,5-6,9-11,16-23,26-28H2,1-2H3,(H,59,64)(H,62,79)(H,63,85)(H,65,75)(H,66,76)(H,67,80)(H,68,84)(H,69,83)(H,70,81)(H,71,82)(H,77,78)(H4,57,58,60). The molecule has 2 fully saturated rings. The van der Waals surface area contributed by atoms with E-state index in [9.17, 15) is 63.0 Å². The van der Waals surface area contributed by atoms with Crippen LogP contribution in [0.15, 0.2) is 72.2 Å². The molecule has 464 valence electrons. The summed E-state index contributed by atoms with van der Waals surface area (Å²) >= 11 is 0. The number of amides is 10. The van der Waals surface area contributed by atoms with E-state index in [2.05, 4.69) is 67.8 Å². The molecule has 30 heteroatoms. The number of aliphatic hydroxyl groups is 1. The number of carboxylic acid groups (broad SMARTS) is 1. The van der Waals surface area contributed by atoms with Gasteiger partial charge in [0.05, 0.1) is 19.5 Å². The van der Waals surface area contributed by atoms with Gasteiger partial charge in [-0.25, -0.2) is 4.98 Å². The van der Waals surface area contributed by atoms with Gasteiger partial charge in [0.15, 0.2) is 5.96 Å². The molecular formula is C56H76N16O14. The number of imidazole rings is 1. The summed E-state index contributed by atoms with van der Waals surface area (Å²) in [6.45, 7) is 1.55. The zero-order valence-corrected chi connectivity index (χ0v) is 47.7. The highest BCUT2D eigenvalue weighted by molar-refractivity contribution is 5.99. The molecule has 10 amide bonds. The summed E-state index contributed by atoms with van der Waals surface area (Å²) in [5, 5.41) is 53.5. The van der Waals surface area contributed by atoms with Gasteiger partial charge in [0.2, 0.25) is 59.1 Å². The van der Waals surface area contributed by atoms with Crippen molar-refractivity contribution >= 4 is 81.9 Å². The highest BCUT2D eigenvalue weighted by atomic mass is 16.4. The number of nitrogens with one attached hydrogen (secondary N) is 11. The first-order valence-electron chi connectivity index (χ1n) is 28.2. The molecule has 0 spiro atoms. The lowest BCUT2D eigenvalue weighted by Crippen LogP contribution is -2.60. The number of aliphatic carboxylic acids is 1. The molecule has 2 aliphatic heterocycles. The number of hydrogen-bond acceptors (Lipinski definition) is 15. The van der Waals surface area contributed by atoms with Gasteiger partial charge in [0.25, 0.3) is 0 Å². The number of para-hydroxylation sites is 1. The van der Waals surface area contributed by atoms with Gasteiger partial charge in [0, 0.05) is 67.8 Å². The second-order valence-corrected chi connectivity index (χ2v) is 21.4. The molecule has 0 saturated carbocycles. The minimum absolute atomic E-state index is 0.00195. The number of nitrogens with zero attached hydrogens (tertiary/aromatic N) is 3. The number of carbonyl (C=O) groups is 11. The summed E-state index contributed by atoms with van der Waals surface area (Å²) in [6, 6.07) is 2.26. The highest BCUT2D eigenvalue weighted by Gasteiger charge is 2.39. The van der Waals surface area contributed by atoms with E-state index in [4.69, 9.17) is 16.6 Å². The molecule has 18 N–H and O–H groups in total. The van der Waals surface area contributed by atoms with Gasteiger partial charge in [-0.05, 0) is 80.2 Å². The van der Waals surface area contributed by atoms with Crippen LogP contribution in [0.5, 0.6) is 5.75 Å². The van der Waals surface area contributed by atoms with Gasteiger partial charge in [-0.3, -0.25) is 57.7 Å². The van der Waals surface area contributed by atoms with Crippen LogP contribution >= 0.6 is 0 Å². The van der Waals surface area contributed by atoms with Crippen LogP contribution in [-0.4, -0.2) is 187 Å². The van der Waals surface area contributed by atoms with Crippen molar-refractivity contribution in [2.45, 2.75) is 133 Å². The Bertz CT molecular complexity index is 3070. The molecule has 30 nitrogen and oxygen atoms in total. The van der Waals surface area contributed by atoms with E-state index in [1.54, 1.807) is 30.5 Å². The van der Waals surface area contributed by atoms with Crippen LogP contribution in [0.1, 0.15) is 82.0 Å². The molecule has 4 aromatic rings. The Morgan fingerprint density at radius 1 is 0.721 bits per heavy atom. The van der Waals surface area contributed by atoms with Crippen LogP contribution in [0.25, 0.3) is 10.9 Å². The molecule has 8 atom stereocenters. The Balaban J connectivity index is 1.17. The molecule has 2 aromatic heterocycles. The van der Waals surface area contributed by atoms with E-state index in [1.165, 1.54) is 41.7 Å². The topological polar surface area (TPSA) is 469 Å². The normalized spacial score (nSPS) is 16.7. The van der Waals surface area contributed by atoms with Gasteiger partial charge < -0.3 is 89.5 Å². The van der Waals surface area contributed by atoms with Crippen molar-refractivity contribution in [3.8, 4) is 5.75 Å². The number of aliphatic hydroxyl groups excluding tert-OH is 1. The van der Waals surface area contributed by atoms with Crippen LogP contribution in [0.2, 0.25) is 0 Å². The lowest BCUT2D eigenvalue weighted by molar-refractivity contribution is -0.143. The van der Waals surface area contributed by atoms with E-state index in [1.807, 2.05) is 13.8 Å². The number of aromatic nitrogens is 3. The first kappa shape index (κ1) is 65.5. The average molecular weight is 1200 g/mol. The van der Waals surface area contributed by atoms with Crippen molar-refractivity contribution < 1.29 is 68.1 Å². The van der Waals surface area contributed by atoms with Crippen molar-refractivity contribution in [1.82, 2.24) is 67.7 Å². The maximum absolute atomic E-state index is 14.5. The number of carbonyl (C=O) groups excluding carboxylic acids is 10. The lowest BCUT2D eigenvalue weighted by Gasteiger charge is -2.30. The molecule has 86 heavy (non-hydrogen) atoms. The number of aliphatic imine (C=N–C) groups is 1. The Labute approximate surface area is 494 Å². The van der Waals surface area contributed by atoms with Gasteiger partial charge >= 0.3 is 5.97 Å². The number of phenolic OH excluding ortho intramolecular Hbond substituents is 1. The Morgan fingerprint density at radius 3 is 2.03 bits per heavy atom. The number of H-pyrrole nitrogens is 2. The van der Waals surface area contributed by atoms with E-state index in [-0.39, 0.29) is 94.4 Å². The number of benzene rings is 2. The third-order valence-corrected chi connectivity index (χ3v) is 14.4. The van der Waals surface area contributed by atoms with Crippen molar-refractivity contribution in [1.29, 1.82) is 0 Å². The minimum atomic E-state index is -1.76. The number of fused-ring (bicyclic) bond motifs is 1. The number of rotatable bonds is 32. The number of aromatic amines is 2. The number of hydrogen-bond donors (Lipinski definition) is 16. The number of carboxylic acids is 1. The van der Waals surface area contributed by atoms with E-state index >= 15 is 0 Å². The predicted molar refractivity (Wildman–Crippen MR) is 308 cm³/mol. The molecule has 0 radical (unpaired) electrons. The van der Waals surface area contributed by atoms with E-state index in [0.717, 1.165) is 0 Å². The monoisotopic (exact) mass is 1200 g/mol. The molecule has 0 aliphatic carbocycles. The van der Waals surface area contributed by atoms with Crippen LogP contribution < -0.4 is 59.3 Å². The summed E-state index contributed by atoms with van der Waals surface area (Å²) in [5.74, 6) is -9.27. The van der Waals surface area contributed by atoms with Gasteiger partial charge in [0.1, 0.15) is 60.6 Å². The summed E-state index contributed by atoms with van der Waals surface area (Å²) in [4.78, 5) is 164. The van der Waals surface area contributed by atoms with Crippen LogP contribution in [0.4, 0.5) is 0 Å². The Hall–Kier alpha value is -9.61. The van der Waals surface area contributed by atoms with E-state index in [0.29, 0.717) is 40.6 Å². The summed E-state index contributed by atoms with van der Waals surface area (Å²) in [5.41, 5.74) is 13.1. The smallest absolute Gasteiger partial charge is 0.322 e. The molecule has 2 saturated heterocycles. The number of aromatic hydroxyl groups is 1. The van der Waals surface area contributed by atoms with Crippen molar-refractivity contribution in [3.05, 3.63) is 84.1 Å². The fraction of sp³-hybridized carbons (Fsp3) is 0.482. The molecule has 8 unspecified atom stereocenters. The van der Waals surface area contributed by atoms with Crippen molar-refractivity contribution in [3.63, 3.8) is 0 Å². The third kappa shape index (κ3) is 19.8. The second kappa shape index (κ2) is 31.9. The molecule has 4 heterocycles. The average Bonchev–Trinajstić information content (AvgIpc) is 3.43. The molecule has 2 aliphatic rings. The maximum Gasteiger partial charge on any atom is 0.322 e. The first-order chi connectivity index (χ1) is 41.1. The first-order valence-corrected chi connectivity index (χ1v) is 28.2. The quantitative estimate of drug-likeness (QED) is 0.0129. The lowest BCUT2D eigenvalue weighted by atomic mass is 10.0. The number of phenols is 1. The summed E-state index contributed by atoms with van der Waals surface area (Å²) < 4.78 is 0. The van der Waals surface area contributed by atoms with Crippen molar-refractivity contribution in [2.24, 2.45) is 22.4 Å². The number of guanidine groups is 1. The third-order valence-electron chi connectivity index (χ3n) is 14.4. The molecule has 2 aromatic carbocycles. The SMILES string of the molecule is CC(C)CCC(NC(=O)CNC(=O)C(Cc1ccc(O)cc1)NC(=O)C(CO)NC(=O)C(Cc1c[nH]c2ccccc12)NC(=O)C(Cc1cnc[nH]1)NC(=O)C1CCC(=O)N1)C(=O)NC(CCCN=C(N)N)C(=O)N1CCCC1C(=O)NCC(=O)O. The molecular weight excluding hydrogens is 1120 g/mol. The fourth-order valence-corrected chi connectivity index (χ4v) is 9.85. The Kier molecular flexibility index (Phi) is 24.3. The van der Waals surface area contributed by atoms with Crippen LogP contribution in [-0.2, 0) is 72.0 Å². The predicted octanol–water partition coefficient (Wildman–Crippen LogP) is -3.40. The van der Waals surface area contributed by atoms with Crippen LogP contribution in [0, 0.1) is 5.92 Å². The molecule has 0 bridgehead atoms. The molecule has 6 rings (SSSR count). The minimum Gasteiger partial charge on any atom is -0.508 e. The number of likely N-dealkylation sites (tertiary alicyclic amines) is 1.